The molecule has 0 unspecified atom stereocenters. The number of nitrogens with one attached hydrogen (secondary N) is 1. The molecule has 94 valence electrons. The van der Waals surface area contributed by atoms with Gasteiger partial charge in [0.15, 0.2) is 17.5 Å². The normalized spacial score (nSPS) is 10.5. The first kappa shape index (κ1) is 12.7. The second-order valence-electron chi connectivity index (χ2n) is 3.68. The van der Waals surface area contributed by atoms with Crippen LogP contribution in [0, 0.1) is 24.5 Å². The molecule has 0 radical (unpaired) electrons. The number of pyridine rings is 1. The molecule has 0 fully saturated rings. The highest BCUT2D eigenvalue weighted by atomic mass is 35.5. The Morgan fingerprint density at radius 3 is 2.50 bits per heavy atom. The number of halogens is 4. The number of nitrogens with zero attached hydrogens (tertiary/aromatic N) is 1. The van der Waals surface area contributed by atoms with Crippen LogP contribution in [0.25, 0.3) is 0 Å². The van der Waals surface area contributed by atoms with Gasteiger partial charge < -0.3 is 5.32 Å². The smallest absolute Gasteiger partial charge is 0.251 e. The van der Waals surface area contributed by atoms with E-state index in [2.05, 4.69) is 10.3 Å². The van der Waals surface area contributed by atoms with Crippen molar-refractivity contribution in [3.8, 4) is 0 Å². The lowest BCUT2D eigenvalue weighted by Crippen LogP contribution is -2.01. The zero-order valence-electron chi connectivity index (χ0n) is 9.27. The maximum Gasteiger partial charge on any atom is 0.251 e. The van der Waals surface area contributed by atoms with Gasteiger partial charge in [-0.25, -0.2) is 8.78 Å². The van der Waals surface area contributed by atoms with Crippen molar-refractivity contribution in [1.29, 1.82) is 0 Å². The fraction of sp³-hybridized carbons (Fsp3) is 0.0833. The van der Waals surface area contributed by atoms with E-state index in [0.29, 0.717) is 16.8 Å². The number of benzene rings is 1. The average molecular weight is 273 g/mol. The first-order valence-electron chi connectivity index (χ1n) is 5.02. The van der Waals surface area contributed by atoms with Crippen LogP contribution in [0.3, 0.4) is 0 Å². The minimum atomic E-state index is -1.36. The quantitative estimate of drug-likeness (QED) is 0.829. The first-order chi connectivity index (χ1) is 8.47. The molecule has 6 heteroatoms. The summed E-state index contributed by atoms with van der Waals surface area (Å²) in [6, 6.07) is 5.31. The van der Waals surface area contributed by atoms with E-state index in [1.54, 1.807) is 18.2 Å². The summed E-state index contributed by atoms with van der Waals surface area (Å²) in [5.74, 6) is -4.07. The van der Waals surface area contributed by atoms with Gasteiger partial charge in [0.25, 0.3) is 5.95 Å². The van der Waals surface area contributed by atoms with E-state index in [1.807, 2.05) is 6.92 Å². The van der Waals surface area contributed by atoms with E-state index >= 15 is 0 Å². The number of aromatic nitrogens is 1. The summed E-state index contributed by atoms with van der Waals surface area (Å²) >= 11 is 5.89. The molecule has 0 bridgehead atoms. The molecule has 0 aliphatic heterocycles. The molecule has 2 nitrogen and oxygen atoms in total. The Morgan fingerprint density at radius 1 is 1.11 bits per heavy atom. The van der Waals surface area contributed by atoms with Crippen LogP contribution in [0.4, 0.5) is 24.7 Å². The van der Waals surface area contributed by atoms with Gasteiger partial charge in [-0.1, -0.05) is 17.7 Å². The van der Waals surface area contributed by atoms with Gasteiger partial charge in [0.05, 0.1) is 0 Å². The molecule has 2 aromatic rings. The highest BCUT2D eigenvalue weighted by Crippen LogP contribution is 2.24. The molecule has 0 saturated carbocycles. The Morgan fingerprint density at radius 2 is 1.83 bits per heavy atom. The maximum atomic E-state index is 13.3. The monoisotopic (exact) mass is 272 g/mol. The summed E-state index contributed by atoms with van der Waals surface area (Å²) < 4.78 is 38.9. The molecule has 0 amide bonds. The van der Waals surface area contributed by atoms with Gasteiger partial charge in [0, 0.05) is 16.8 Å². The third-order valence-corrected chi connectivity index (χ3v) is 2.73. The third-order valence-electron chi connectivity index (χ3n) is 2.32. The predicted octanol–water partition coefficient (Wildman–Crippen LogP) is 4.20. The van der Waals surface area contributed by atoms with Crippen molar-refractivity contribution in [1.82, 2.24) is 4.98 Å². The van der Waals surface area contributed by atoms with Gasteiger partial charge in [-0.15, -0.1) is 0 Å². The summed E-state index contributed by atoms with van der Waals surface area (Å²) in [7, 11) is 0. The second kappa shape index (κ2) is 4.86. The lowest BCUT2D eigenvalue weighted by Gasteiger charge is -2.08. The van der Waals surface area contributed by atoms with Crippen LogP contribution in [0.1, 0.15) is 5.56 Å². The Labute approximate surface area is 106 Å². The van der Waals surface area contributed by atoms with Gasteiger partial charge in [-0.3, -0.25) is 0 Å². The van der Waals surface area contributed by atoms with Crippen molar-refractivity contribution in [2.75, 3.05) is 5.32 Å². The standard InChI is InChI=1S/C12H8ClF3N2/c1-6-2-3-7(4-8(6)13)17-12-10(15)5-9(14)11(16)18-12/h2-5H,1H3,(H,17,18). The van der Waals surface area contributed by atoms with Crippen molar-refractivity contribution in [3.63, 3.8) is 0 Å². The topological polar surface area (TPSA) is 24.9 Å². The molecular formula is C12H8ClF3N2. The number of rotatable bonds is 2. The lowest BCUT2D eigenvalue weighted by molar-refractivity contribution is 0.467. The zero-order valence-corrected chi connectivity index (χ0v) is 10.0. The first-order valence-corrected chi connectivity index (χ1v) is 5.40. The van der Waals surface area contributed by atoms with E-state index in [1.165, 1.54) is 0 Å². The summed E-state index contributed by atoms with van der Waals surface area (Å²) in [5.41, 5.74) is 1.28. The Balaban J connectivity index is 2.34. The Kier molecular flexibility index (Phi) is 3.43. The van der Waals surface area contributed by atoms with Gasteiger partial charge in [-0.2, -0.15) is 9.37 Å². The number of aryl methyl sites for hydroxylation is 1. The fourth-order valence-corrected chi connectivity index (χ4v) is 1.52. The average Bonchev–Trinajstić information content (AvgIpc) is 2.31. The van der Waals surface area contributed by atoms with Crippen LogP contribution in [-0.2, 0) is 0 Å². The van der Waals surface area contributed by atoms with Gasteiger partial charge in [0.1, 0.15) is 0 Å². The Bertz CT molecular complexity index is 602. The van der Waals surface area contributed by atoms with Crippen molar-refractivity contribution < 1.29 is 13.2 Å². The molecule has 0 aliphatic carbocycles. The van der Waals surface area contributed by atoms with Crippen molar-refractivity contribution >= 4 is 23.1 Å². The highest BCUT2D eigenvalue weighted by Gasteiger charge is 2.11. The SMILES string of the molecule is Cc1ccc(Nc2nc(F)c(F)cc2F)cc1Cl. The molecule has 2 rings (SSSR count). The van der Waals surface area contributed by atoms with E-state index in [0.717, 1.165) is 5.56 Å². The van der Waals surface area contributed by atoms with E-state index in [9.17, 15) is 13.2 Å². The molecule has 0 aliphatic rings. The summed E-state index contributed by atoms with van der Waals surface area (Å²) in [5, 5.41) is 3.01. The summed E-state index contributed by atoms with van der Waals surface area (Å²) in [6.45, 7) is 1.81. The molecule has 1 aromatic heterocycles. The van der Waals surface area contributed by atoms with E-state index < -0.39 is 23.4 Å². The minimum absolute atomic E-state index is 0.395. The number of hydrogen-bond donors (Lipinski definition) is 1. The minimum Gasteiger partial charge on any atom is -0.338 e. The summed E-state index contributed by atoms with van der Waals surface area (Å²) in [4.78, 5) is 3.15. The second-order valence-corrected chi connectivity index (χ2v) is 4.09. The van der Waals surface area contributed by atoms with Crippen LogP contribution in [0.2, 0.25) is 5.02 Å². The van der Waals surface area contributed by atoms with Crippen LogP contribution in [0.15, 0.2) is 24.3 Å². The molecule has 0 atom stereocenters. The van der Waals surface area contributed by atoms with Crippen LogP contribution in [-0.4, -0.2) is 4.98 Å². The summed E-state index contributed by atoms with van der Waals surface area (Å²) in [6.07, 6.45) is 0. The van der Waals surface area contributed by atoms with Crippen LogP contribution < -0.4 is 5.32 Å². The number of hydrogen-bond acceptors (Lipinski definition) is 2. The fourth-order valence-electron chi connectivity index (χ4n) is 1.34. The van der Waals surface area contributed by atoms with Crippen molar-refractivity contribution in [3.05, 3.63) is 52.4 Å². The van der Waals surface area contributed by atoms with Crippen molar-refractivity contribution in [2.45, 2.75) is 6.92 Å². The van der Waals surface area contributed by atoms with E-state index in [-0.39, 0.29) is 0 Å². The predicted molar refractivity (Wildman–Crippen MR) is 63.6 cm³/mol. The molecule has 0 spiro atoms. The maximum absolute atomic E-state index is 13.3. The largest absolute Gasteiger partial charge is 0.338 e. The highest BCUT2D eigenvalue weighted by molar-refractivity contribution is 6.31. The molecular weight excluding hydrogens is 265 g/mol. The van der Waals surface area contributed by atoms with Crippen molar-refractivity contribution in [2.24, 2.45) is 0 Å². The number of anilines is 2. The molecule has 1 heterocycles. The molecule has 1 N–H and O–H groups in total. The van der Waals surface area contributed by atoms with E-state index in [4.69, 9.17) is 11.6 Å². The molecule has 18 heavy (non-hydrogen) atoms. The lowest BCUT2D eigenvalue weighted by atomic mass is 10.2. The Hall–Kier alpha value is -1.75. The van der Waals surface area contributed by atoms with Gasteiger partial charge in [0.2, 0.25) is 0 Å². The van der Waals surface area contributed by atoms with Gasteiger partial charge in [-0.05, 0) is 24.6 Å². The molecule has 0 saturated heterocycles. The molecule has 1 aromatic carbocycles. The van der Waals surface area contributed by atoms with Crippen LogP contribution >= 0.6 is 11.6 Å². The van der Waals surface area contributed by atoms with Crippen LogP contribution in [0.5, 0.6) is 0 Å². The zero-order chi connectivity index (χ0) is 13.3. The van der Waals surface area contributed by atoms with Gasteiger partial charge >= 0.3 is 0 Å². The third kappa shape index (κ3) is 2.56.